The number of aliphatic hydroxyl groups is 1. The molecule has 2 nitrogen and oxygen atoms in total. The second kappa shape index (κ2) is 16.4. The first kappa shape index (κ1) is 19.4. The van der Waals surface area contributed by atoms with Crippen LogP contribution in [0.4, 0.5) is 0 Å². The summed E-state index contributed by atoms with van der Waals surface area (Å²) in [6.45, 7) is 2.25. The lowest BCUT2D eigenvalue weighted by atomic mass is 10.1. The van der Waals surface area contributed by atoms with Crippen LogP contribution in [-0.4, -0.2) is 17.5 Å². The number of hydrogen-bond donors (Lipinski definition) is 1. The molecule has 0 aliphatic rings. The molecule has 1 unspecified atom stereocenters. The molecule has 0 saturated carbocycles. The Hall–Kier alpha value is -0.630. The van der Waals surface area contributed by atoms with Gasteiger partial charge in [0.25, 0.3) is 0 Å². The van der Waals surface area contributed by atoms with Gasteiger partial charge in [0.1, 0.15) is 6.29 Å². The van der Waals surface area contributed by atoms with Crippen LogP contribution in [0, 0.1) is 0 Å². The van der Waals surface area contributed by atoms with Gasteiger partial charge in [0.2, 0.25) is 0 Å². The Morgan fingerprint density at radius 3 is 2.05 bits per heavy atom. The highest BCUT2D eigenvalue weighted by atomic mass is 16.3. The number of aliphatic hydroxyl groups excluding tert-OH is 1. The Morgan fingerprint density at radius 1 is 0.800 bits per heavy atom. The van der Waals surface area contributed by atoms with E-state index in [0.717, 1.165) is 32.0 Å². The number of rotatable bonds is 15. The Kier molecular flexibility index (Phi) is 15.9. The lowest BCUT2D eigenvalue weighted by Gasteiger charge is -2.07. The zero-order chi connectivity index (χ0) is 14.9. The molecule has 0 heterocycles. The Morgan fingerprint density at radius 2 is 1.40 bits per heavy atom. The molecule has 20 heavy (non-hydrogen) atoms. The monoisotopic (exact) mass is 282 g/mol. The third-order valence-corrected chi connectivity index (χ3v) is 3.67. The first-order chi connectivity index (χ1) is 9.81. The molecular weight excluding hydrogens is 248 g/mol. The first-order valence-corrected chi connectivity index (χ1v) is 8.58. The number of hydrogen-bond acceptors (Lipinski definition) is 2. The number of carbonyl (C=O) groups is 1. The van der Waals surface area contributed by atoms with Gasteiger partial charge >= 0.3 is 0 Å². The van der Waals surface area contributed by atoms with Gasteiger partial charge in [-0.1, -0.05) is 57.6 Å². The highest BCUT2D eigenvalue weighted by molar-refractivity contribution is 5.49. The highest BCUT2D eigenvalue weighted by Gasteiger charge is 2.02. The minimum atomic E-state index is -0.285. The van der Waals surface area contributed by atoms with Crippen LogP contribution in [0.2, 0.25) is 0 Å². The molecule has 0 fully saturated rings. The smallest absolute Gasteiger partial charge is 0.120 e. The third-order valence-electron chi connectivity index (χ3n) is 3.67. The van der Waals surface area contributed by atoms with E-state index in [9.17, 15) is 9.90 Å². The second-order valence-electron chi connectivity index (χ2n) is 5.71. The average molecular weight is 282 g/mol. The van der Waals surface area contributed by atoms with Crippen molar-refractivity contribution in [2.75, 3.05) is 0 Å². The van der Waals surface area contributed by atoms with Crippen LogP contribution in [0.3, 0.4) is 0 Å². The molecule has 1 N–H and O–H groups in total. The molecular formula is C18H34O2. The fraction of sp³-hybridized carbons (Fsp3) is 0.833. The van der Waals surface area contributed by atoms with E-state index in [1.165, 1.54) is 44.9 Å². The van der Waals surface area contributed by atoms with Gasteiger partial charge in [-0.15, -0.1) is 0 Å². The lowest BCUT2D eigenvalue weighted by Crippen LogP contribution is -2.05. The topological polar surface area (TPSA) is 37.3 Å². The van der Waals surface area contributed by atoms with E-state index in [-0.39, 0.29) is 6.10 Å². The maximum Gasteiger partial charge on any atom is 0.120 e. The summed E-state index contributed by atoms with van der Waals surface area (Å²) in [5.74, 6) is 0. The zero-order valence-electron chi connectivity index (χ0n) is 13.4. The SMILES string of the molecule is CCCCCCCCC=CCCCCC(O)CCC=O. The standard InChI is InChI=1S/C18H34O2/c1-2-3-4-5-6-7-8-9-10-11-12-13-15-18(20)16-14-17-19/h9-10,17-18,20H,2-8,11-16H2,1H3. The second-order valence-corrected chi connectivity index (χ2v) is 5.71. The van der Waals surface area contributed by atoms with Crippen molar-refractivity contribution in [3.8, 4) is 0 Å². The number of aldehydes is 1. The number of allylic oxidation sites excluding steroid dienone is 2. The van der Waals surface area contributed by atoms with Crippen molar-refractivity contribution >= 4 is 6.29 Å². The Bertz CT molecular complexity index is 223. The van der Waals surface area contributed by atoms with E-state index in [4.69, 9.17) is 0 Å². The number of unbranched alkanes of at least 4 members (excludes halogenated alkanes) is 8. The lowest BCUT2D eigenvalue weighted by molar-refractivity contribution is -0.108. The van der Waals surface area contributed by atoms with Gasteiger partial charge in [0.15, 0.2) is 0 Å². The van der Waals surface area contributed by atoms with Crippen molar-refractivity contribution in [3.63, 3.8) is 0 Å². The quantitative estimate of drug-likeness (QED) is 0.255. The zero-order valence-corrected chi connectivity index (χ0v) is 13.4. The molecule has 0 bridgehead atoms. The van der Waals surface area contributed by atoms with Crippen LogP contribution in [0.15, 0.2) is 12.2 Å². The van der Waals surface area contributed by atoms with Crippen LogP contribution in [-0.2, 0) is 4.79 Å². The van der Waals surface area contributed by atoms with Gasteiger partial charge in [0.05, 0.1) is 6.10 Å². The van der Waals surface area contributed by atoms with Gasteiger partial charge in [-0.05, 0) is 38.5 Å². The van der Waals surface area contributed by atoms with Gasteiger partial charge in [-0.3, -0.25) is 0 Å². The minimum Gasteiger partial charge on any atom is -0.393 e. The van der Waals surface area contributed by atoms with Crippen LogP contribution in [0.25, 0.3) is 0 Å². The maximum absolute atomic E-state index is 10.2. The molecule has 0 spiro atoms. The first-order valence-electron chi connectivity index (χ1n) is 8.58. The molecule has 1 atom stereocenters. The molecule has 0 radical (unpaired) electrons. The van der Waals surface area contributed by atoms with Crippen molar-refractivity contribution in [3.05, 3.63) is 12.2 Å². The fourth-order valence-electron chi connectivity index (χ4n) is 2.33. The third kappa shape index (κ3) is 15.4. The van der Waals surface area contributed by atoms with E-state index in [0.29, 0.717) is 12.8 Å². The molecule has 0 saturated heterocycles. The van der Waals surface area contributed by atoms with Crippen molar-refractivity contribution < 1.29 is 9.90 Å². The average Bonchev–Trinajstić information content (AvgIpc) is 2.46. The van der Waals surface area contributed by atoms with Crippen LogP contribution < -0.4 is 0 Å². The summed E-state index contributed by atoms with van der Waals surface area (Å²) in [7, 11) is 0. The summed E-state index contributed by atoms with van der Waals surface area (Å²) < 4.78 is 0. The molecule has 2 heteroatoms. The summed E-state index contributed by atoms with van der Waals surface area (Å²) in [5.41, 5.74) is 0. The number of carbonyl (C=O) groups excluding carboxylic acids is 1. The molecule has 0 amide bonds. The largest absolute Gasteiger partial charge is 0.393 e. The van der Waals surface area contributed by atoms with E-state index in [2.05, 4.69) is 19.1 Å². The van der Waals surface area contributed by atoms with Crippen molar-refractivity contribution in [1.29, 1.82) is 0 Å². The van der Waals surface area contributed by atoms with E-state index in [1.807, 2.05) is 0 Å². The van der Waals surface area contributed by atoms with E-state index >= 15 is 0 Å². The molecule has 0 aliphatic carbocycles. The van der Waals surface area contributed by atoms with Crippen molar-refractivity contribution in [2.45, 2.75) is 96.5 Å². The van der Waals surface area contributed by atoms with Gasteiger partial charge in [-0.2, -0.15) is 0 Å². The summed E-state index contributed by atoms with van der Waals surface area (Å²) in [6.07, 6.45) is 19.9. The molecule has 0 rings (SSSR count). The summed E-state index contributed by atoms with van der Waals surface area (Å²) >= 11 is 0. The van der Waals surface area contributed by atoms with E-state index < -0.39 is 0 Å². The summed E-state index contributed by atoms with van der Waals surface area (Å²) in [6, 6.07) is 0. The van der Waals surface area contributed by atoms with E-state index in [1.54, 1.807) is 0 Å². The van der Waals surface area contributed by atoms with Crippen LogP contribution in [0.1, 0.15) is 90.4 Å². The van der Waals surface area contributed by atoms with Crippen LogP contribution in [0.5, 0.6) is 0 Å². The molecule has 0 aromatic rings. The predicted octanol–water partition coefficient (Wildman–Crippen LogP) is 5.19. The molecule has 0 aromatic heterocycles. The normalized spacial score (nSPS) is 12.9. The molecule has 0 aromatic carbocycles. The van der Waals surface area contributed by atoms with Crippen molar-refractivity contribution in [1.82, 2.24) is 0 Å². The summed E-state index contributed by atoms with van der Waals surface area (Å²) in [5, 5.41) is 9.56. The summed E-state index contributed by atoms with van der Waals surface area (Å²) in [4.78, 5) is 10.2. The van der Waals surface area contributed by atoms with Crippen LogP contribution >= 0.6 is 0 Å². The van der Waals surface area contributed by atoms with Gasteiger partial charge < -0.3 is 9.90 Å². The Labute approximate surface area is 125 Å². The minimum absolute atomic E-state index is 0.285. The van der Waals surface area contributed by atoms with Gasteiger partial charge in [-0.25, -0.2) is 0 Å². The van der Waals surface area contributed by atoms with Gasteiger partial charge in [0, 0.05) is 6.42 Å². The van der Waals surface area contributed by atoms with Crippen molar-refractivity contribution in [2.24, 2.45) is 0 Å². The maximum atomic E-state index is 10.2. The Balaban J connectivity index is 3.17. The highest BCUT2D eigenvalue weighted by Crippen LogP contribution is 2.10. The molecule has 118 valence electrons. The molecule has 0 aliphatic heterocycles. The predicted molar refractivity (Wildman–Crippen MR) is 86.9 cm³/mol. The fourth-order valence-corrected chi connectivity index (χ4v) is 2.33.